The van der Waals surface area contributed by atoms with Gasteiger partial charge in [0.2, 0.25) is 5.75 Å². The highest BCUT2D eigenvalue weighted by Crippen LogP contribution is 2.32. The molecule has 3 aromatic carbocycles. The second-order valence-electron chi connectivity index (χ2n) is 6.11. The number of hydrogen-bond acceptors (Lipinski definition) is 5. The van der Waals surface area contributed by atoms with Gasteiger partial charge in [-0.05, 0) is 49.4 Å². The minimum atomic E-state index is -3.70. The number of aryl methyl sites for hydroxylation is 1. The Balaban J connectivity index is 1.83. The molecule has 0 atom stereocenters. The van der Waals surface area contributed by atoms with Crippen molar-refractivity contribution in [1.82, 2.24) is 0 Å². The lowest BCUT2D eigenvalue weighted by Crippen LogP contribution is -2.26. The van der Waals surface area contributed by atoms with Gasteiger partial charge in [-0.2, -0.15) is 0 Å². The third kappa shape index (κ3) is 3.96. The maximum Gasteiger partial charge on any atom is 0.311 e. The first-order valence-corrected chi connectivity index (χ1v) is 9.80. The lowest BCUT2D eigenvalue weighted by Gasteiger charge is -2.20. The van der Waals surface area contributed by atoms with Gasteiger partial charge in [-0.3, -0.25) is 14.4 Å². The average molecular weight is 398 g/mol. The van der Waals surface area contributed by atoms with Crippen LogP contribution in [0, 0.1) is 17.0 Å². The molecule has 0 radical (unpaired) electrons. The summed E-state index contributed by atoms with van der Waals surface area (Å²) in [6.45, 7) is 1.88. The summed E-state index contributed by atoms with van der Waals surface area (Å²) in [5.74, 6) is 0.472. The summed E-state index contributed by atoms with van der Waals surface area (Å²) < 4.78 is 32.3. The molecule has 3 aromatic rings. The molecule has 0 spiro atoms. The smallest absolute Gasteiger partial charge is 0.311 e. The molecule has 144 valence electrons. The van der Waals surface area contributed by atoms with Crippen LogP contribution in [0.3, 0.4) is 0 Å². The van der Waals surface area contributed by atoms with E-state index >= 15 is 0 Å². The number of benzene rings is 3. The molecule has 0 amide bonds. The van der Waals surface area contributed by atoms with E-state index in [1.165, 1.54) is 23.5 Å². The van der Waals surface area contributed by atoms with E-state index < -0.39 is 14.9 Å². The number of nitro benzene ring substituents is 1. The molecule has 0 aliphatic heterocycles. The van der Waals surface area contributed by atoms with Gasteiger partial charge in [0.05, 0.1) is 15.5 Å². The van der Waals surface area contributed by atoms with Crippen LogP contribution in [-0.2, 0) is 10.0 Å². The number of hydrogen-bond donors (Lipinski definition) is 0. The van der Waals surface area contributed by atoms with Crippen LogP contribution in [0.2, 0.25) is 0 Å². The monoisotopic (exact) mass is 398 g/mol. The Labute approximate surface area is 163 Å². The number of anilines is 1. The van der Waals surface area contributed by atoms with Crippen LogP contribution in [0.4, 0.5) is 11.4 Å². The molecule has 0 saturated heterocycles. The van der Waals surface area contributed by atoms with E-state index in [9.17, 15) is 18.5 Å². The van der Waals surface area contributed by atoms with Gasteiger partial charge in [0.25, 0.3) is 10.0 Å². The Kier molecular flexibility index (Phi) is 5.32. The van der Waals surface area contributed by atoms with Crippen LogP contribution < -0.4 is 9.04 Å². The molecule has 28 heavy (non-hydrogen) atoms. The summed E-state index contributed by atoms with van der Waals surface area (Å²) in [7, 11) is -2.23. The van der Waals surface area contributed by atoms with E-state index in [1.54, 1.807) is 60.7 Å². The van der Waals surface area contributed by atoms with Gasteiger partial charge >= 0.3 is 5.69 Å². The number of ether oxygens (including phenoxy) is 1. The molecule has 0 aliphatic rings. The van der Waals surface area contributed by atoms with Gasteiger partial charge in [-0.25, -0.2) is 8.42 Å². The number of rotatable bonds is 6. The third-order valence-electron chi connectivity index (χ3n) is 4.17. The minimum absolute atomic E-state index is 0.112. The highest BCUT2D eigenvalue weighted by molar-refractivity contribution is 7.92. The number of para-hydroxylation sites is 2. The standard InChI is InChI=1S/C20H18N2O5S/c1-15-7-13-18(14-8-15)28(25,26)21(2)16-9-11-17(12-10-16)27-20-6-4-3-5-19(20)22(23)24/h3-14H,1-2H3. The van der Waals surface area contributed by atoms with Crippen molar-refractivity contribution in [3.8, 4) is 11.5 Å². The van der Waals surface area contributed by atoms with Gasteiger partial charge < -0.3 is 4.74 Å². The van der Waals surface area contributed by atoms with Crippen molar-refractivity contribution in [3.05, 3.63) is 88.5 Å². The molecule has 8 heteroatoms. The van der Waals surface area contributed by atoms with Gasteiger partial charge in [-0.15, -0.1) is 0 Å². The van der Waals surface area contributed by atoms with E-state index in [2.05, 4.69) is 0 Å². The zero-order chi connectivity index (χ0) is 20.3. The molecule has 0 aliphatic carbocycles. The summed E-state index contributed by atoms with van der Waals surface area (Å²) in [6.07, 6.45) is 0. The summed E-state index contributed by atoms with van der Waals surface area (Å²) in [5.41, 5.74) is 1.26. The lowest BCUT2D eigenvalue weighted by molar-refractivity contribution is -0.385. The van der Waals surface area contributed by atoms with E-state index in [0.29, 0.717) is 11.4 Å². The quantitative estimate of drug-likeness (QED) is 0.450. The fraction of sp³-hybridized carbons (Fsp3) is 0.100. The fourth-order valence-corrected chi connectivity index (χ4v) is 3.75. The first-order valence-electron chi connectivity index (χ1n) is 8.36. The molecule has 0 heterocycles. The topological polar surface area (TPSA) is 89.8 Å². The predicted molar refractivity (Wildman–Crippen MR) is 106 cm³/mol. The van der Waals surface area contributed by atoms with Crippen LogP contribution in [0.5, 0.6) is 11.5 Å². The summed E-state index contributed by atoms with van der Waals surface area (Å²) in [4.78, 5) is 10.7. The molecule has 0 saturated carbocycles. The number of nitrogens with zero attached hydrogens (tertiary/aromatic N) is 2. The molecular weight excluding hydrogens is 380 g/mol. The SMILES string of the molecule is Cc1ccc(S(=O)(=O)N(C)c2ccc(Oc3ccccc3[N+](=O)[O-])cc2)cc1. The van der Waals surface area contributed by atoms with Crippen LogP contribution in [0.1, 0.15) is 5.56 Å². The van der Waals surface area contributed by atoms with Crippen LogP contribution in [-0.4, -0.2) is 20.4 Å². The Morgan fingerprint density at radius 3 is 2.14 bits per heavy atom. The summed E-state index contributed by atoms with van der Waals surface area (Å²) in [5, 5.41) is 11.1. The molecule has 0 aromatic heterocycles. The Bertz CT molecular complexity index is 1090. The van der Waals surface area contributed by atoms with Crippen LogP contribution in [0.15, 0.2) is 77.7 Å². The predicted octanol–water partition coefficient (Wildman–Crippen LogP) is 4.52. The van der Waals surface area contributed by atoms with E-state index in [-0.39, 0.29) is 16.3 Å². The second kappa shape index (κ2) is 7.69. The number of sulfonamides is 1. The molecule has 3 rings (SSSR count). The van der Waals surface area contributed by atoms with Crippen molar-refractivity contribution in [2.24, 2.45) is 0 Å². The van der Waals surface area contributed by atoms with Crippen molar-refractivity contribution >= 4 is 21.4 Å². The van der Waals surface area contributed by atoms with Crippen molar-refractivity contribution in [2.75, 3.05) is 11.4 Å². The summed E-state index contributed by atoms with van der Waals surface area (Å²) >= 11 is 0. The van der Waals surface area contributed by atoms with E-state index in [1.807, 2.05) is 6.92 Å². The minimum Gasteiger partial charge on any atom is -0.450 e. The van der Waals surface area contributed by atoms with Gasteiger partial charge in [0.15, 0.2) is 0 Å². The first kappa shape index (κ1) is 19.4. The highest BCUT2D eigenvalue weighted by atomic mass is 32.2. The third-order valence-corrected chi connectivity index (χ3v) is 5.97. The van der Waals surface area contributed by atoms with E-state index in [4.69, 9.17) is 4.74 Å². The van der Waals surface area contributed by atoms with Crippen molar-refractivity contribution in [2.45, 2.75) is 11.8 Å². The van der Waals surface area contributed by atoms with Crippen molar-refractivity contribution < 1.29 is 18.1 Å². The zero-order valence-corrected chi connectivity index (χ0v) is 16.1. The average Bonchev–Trinajstić information content (AvgIpc) is 2.68. The van der Waals surface area contributed by atoms with Gasteiger partial charge in [0.1, 0.15) is 5.75 Å². The molecular formula is C20H18N2O5S. The Hall–Kier alpha value is -3.39. The normalized spacial score (nSPS) is 11.1. The van der Waals surface area contributed by atoms with Crippen molar-refractivity contribution in [1.29, 1.82) is 0 Å². The highest BCUT2D eigenvalue weighted by Gasteiger charge is 2.21. The largest absolute Gasteiger partial charge is 0.450 e. The van der Waals surface area contributed by atoms with Crippen molar-refractivity contribution in [3.63, 3.8) is 0 Å². The second-order valence-corrected chi connectivity index (χ2v) is 8.08. The zero-order valence-electron chi connectivity index (χ0n) is 15.3. The maximum absolute atomic E-state index is 12.8. The van der Waals surface area contributed by atoms with Gasteiger partial charge in [0, 0.05) is 13.1 Å². The van der Waals surface area contributed by atoms with Gasteiger partial charge in [-0.1, -0.05) is 29.8 Å². The lowest BCUT2D eigenvalue weighted by atomic mass is 10.2. The van der Waals surface area contributed by atoms with Crippen LogP contribution in [0.25, 0.3) is 0 Å². The maximum atomic E-state index is 12.8. The molecule has 0 fully saturated rings. The Morgan fingerprint density at radius 1 is 0.929 bits per heavy atom. The molecule has 0 bridgehead atoms. The number of nitro groups is 1. The Morgan fingerprint density at radius 2 is 1.54 bits per heavy atom. The van der Waals surface area contributed by atoms with E-state index in [0.717, 1.165) is 5.56 Å². The molecule has 7 nitrogen and oxygen atoms in total. The summed E-state index contributed by atoms with van der Waals surface area (Å²) in [6, 6.07) is 18.9. The molecule has 0 N–H and O–H groups in total. The molecule has 0 unspecified atom stereocenters. The fourth-order valence-electron chi connectivity index (χ4n) is 2.55. The van der Waals surface area contributed by atoms with Crippen LogP contribution >= 0.6 is 0 Å². The first-order chi connectivity index (χ1) is 13.3.